The molecule has 1 atom stereocenters. The molecule has 0 bridgehead atoms. The molecule has 0 aliphatic heterocycles. The minimum atomic E-state index is -0.517. The van der Waals surface area contributed by atoms with Crippen LogP contribution < -0.4 is 0 Å². The number of hydrogen-bond donors (Lipinski definition) is 0. The quantitative estimate of drug-likeness (QED) is 0.554. The first-order valence-corrected chi connectivity index (χ1v) is 3.15. The van der Waals surface area contributed by atoms with Gasteiger partial charge in [-0.2, -0.15) is 5.26 Å². The summed E-state index contributed by atoms with van der Waals surface area (Å²) in [5, 5.41) is 8.55. The molecule has 0 saturated heterocycles. The molecule has 2 nitrogen and oxygen atoms in total. The van der Waals surface area contributed by atoms with Crippen molar-refractivity contribution in [2.24, 2.45) is 0 Å². The Morgan fingerprint density at radius 2 is 2.36 bits per heavy atom. The smallest absolute Gasteiger partial charge is 0.148 e. The van der Waals surface area contributed by atoms with E-state index in [2.05, 4.69) is 10.9 Å². The topological polar surface area (TPSA) is 36.7 Å². The molecule has 0 aliphatic rings. The number of aromatic nitrogens is 1. The van der Waals surface area contributed by atoms with Gasteiger partial charge in [0.15, 0.2) is 0 Å². The largest absolute Gasteiger partial charge is 0.259 e. The van der Waals surface area contributed by atoms with Gasteiger partial charge in [0, 0.05) is 6.20 Å². The first kappa shape index (κ1) is 7.31. The fourth-order valence-corrected chi connectivity index (χ4v) is 0.736. The number of terminal acetylenes is 1. The highest BCUT2D eigenvalue weighted by atomic mass is 14.7. The van der Waals surface area contributed by atoms with Gasteiger partial charge in [0.05, 0.1) is 11.8 Å². The van der Waals surface area contributed by atoms with Crippen LogP contribution in [0.25, 0.3) is 0 Å². The van der Waals surface area contributed by atoms with Gasteiger partial charge in [-0.25, -0.2) is 0 Å². The van der Waals surface area contributed by atoms with E-state index in [1.165, 1.54) is 0 Å². The predicted molar refractivity (Wildman–Crippen MR) is 41.4 cm³/mol. The summed E-state index contributed by atoms with van der Waals surface area (Å²) in [6.45, 7) is 0. The van der Waals surface area contributed by atoms with Crippen LogP contribution in [-0.2, 0) is 0 Å². The summed E-state index contributed by atoms with van der Waals surface area (Å²) in [6.07, 6.45) is 6.72. The highest BCUT2D eigenvalue weighted by Crippen LogP contribution is 2.08. The van der Waals surface area contributed by atoms with Crippen LogP contribution in [0, 0.1) is 23.7 Å². The molecule has 0 saturated carbocycles. The minimum absolute atomic E-state index is 0.517. The van der Waals surface area contributed by atoms with Crippen LogP contribution >= 0.6 is 0 Å². The molecule has 0 fully saturated rings. The zero-order valence-electron chi connectivity index (χ0n) is 5.86. The number of hydrogen-bond acceptors (Lipinski definition) is 2. The lowest BCUT2D eigenvalue weighted by atomic mass is 10.1. The Kier molecular flexibility index (Phi) is 2.25. The summed E-state index contributed by atoms with van der Waals surface area (Å²) in [4.78, 5) is 3.96. The molecular weight excluding hydrogens is 136 g/mol. The molecular formula is C9H6N2. The van der Waals surface area contributed by atoms with Gasteiger partial charge in [-0.15, -0.1) is 6.42 Å². The molecule has 0 spiro atoms. The maximum atomic E-state index is 8.55. The van der Waals surface area contributed by atoms with Crippen LogP contribution in [0.5, 0.6) is 0 Å². The van der Waals surface area contributed by atoms with Gasteiger partial charge in [-0.05, 0) is 12.1 Å². The Balaban J connectivity index is 2.96. The van der Waals surface area contributed by atoms with Crippen LogP contribution in [-0.4, -0.2) is 4.98 Å². The monoisotopic (exact) mass is 142 g/mol. The van der Waals surface area contributed by atoms with Crippen LogP contribution in [0.3, 0.4) is 0 Å². The molecule has 0 aromatic carbocycles. The Bertz CT molecular complexity index is 289. The van der Waals surface area contributed by atoms with Crippen molar-refractivity contribution in [2.45, 2.75) is 5.92 Å². The van der Waals surface area contributed by atoms with Crippen molar-refractivity contribution in [1.29, 1.82) is 5.26 Å². The highest BCUT2D eigenvalue weighted by Gasteiger charge is 2.05. The zero-order valence-corrected chi connectivity index (χ0v) is 5.86. The van der Waals surface area contributed by atoms with Crippen molar-refractivity contribution in [3.05, 3.63) is 30.1 Å². The molecule has 0 radical (unpaired) electrons. The molecule has 1 rings (SSSR count). The molecule has 0 aliphatic carbocycles. The predicted octanol–water partition coefficient (Wildman–Crippen LogP) is 1.32. The Morgan fingerprint density at radius 1 is 1.55 bits per heavy atom. The van der Waals surface area contributed by atoms with E-state index in [1.54, 1.807) is 18.3 Å². The molecule has 11 heavy (non-hydrogen) atoms. The Morgan fingerprint density at radius 3 is 2.82 bits per heavy atom. The van der Waals surface area contributed by atoms with Crippen LogP contribution in [0.15, 0.2) is 24.4 Å². The molecule has 0 amide bonds. The minimum Gasteiger partial charge on any atom is -0.259 e. The fourth-order valence-electron chi connectivity index (χ4n) is 0.736. The van der Waals surface area contributed by atoms with Crippen molar-refractivity contribution >= 4 is 0 Å². The van der Waals surface area contributed by atoms with Gasteiger partial charge in [-0.3, -0.25) is 4.98 Å². The number of rotatable bonds is 1. The number of pyridine rings is 1. The van der Waals surface area contributed by atoms with E-state index in [-0.39, 0.29) is 0 Å². The average Bonchev–Trinajstić information content (AvgIpc) is 2.09. The third kappa shape index (κ3) is 1.56. The summed E-state index contributed by atoms with van der Waals surface area (Å²) in [6, 6.07) is 7.31. The van der Waals surface area contributed by atoms with Gasteiger partial charge in [0.1, 0.15) is 5.92 Å². The molecule has 1 aromatic rings. The lowest BCUT2D eigenvalue weighted by Gasteiger charge is -1.97. The molecule has 0 N–H and O–H groups in total. The molecule has 52 valence electrons. The SMILES string of the molecule is C#CC(C#N)c1ccccn1. The average molecular weight is 142 g/mol. The van der Waals surface area contributed by atoms with E-state index in [0.29, 0.717) is 5.69 Å². The normalized spacial score (nSPS) is 11.1. The van der Waals surface area contributed by atoms with Crippen molar-refractivity contribution in [3.63, 3.8) is 0 Å². The van der Waals surface area contributed by atoms with Gasteiger partial charge < -0.3 is 0 Å². The summed E-state index contributed by atoms with van der Waals surface area (Å²) in [5.74, 6) is 1.83. The Labute approximate surface area is 65.5 Å². The summed E-state index contributed by atoms with van der Waals surface area (Å²) in [5.41, 5.74) is 0.637. The number of nitriles is 1. The maximum absolute atomic E-state index is 8.55. The van der Waals surface area contributed by atoms with Crippen molar-refractivity contribution in [3.8, 4) is 18.4 Å². The summed E-state index contributed by atoms with van der Waals surface area (Å²) >= 11 is 0. The lowest BCUT2D eigenvalue weighted by molar-refractivity contribution is 1.03. The van der Waals surface area contributed by atoms with Gasteiger partial charge in [0.2, 0.25) is 0 Å². The second kappa shape index (κ2) is 3.39. The zero-order chi connectivity index (χ0) is 8.10. The third-order valence-electron chi connectivity index (χ3n) is 1.28. The van der Waals surface area contributed by atoms with E-state index in [0.717, 1.165) is 0 Å². The van der Waals surface area contributed by atoms with Gasteiger partial charge in [-0.1, -0.05) is 12.0 Å². The van der Waals surface area contributed by atoms with Crippen LogP contribution in [0.4, 0.5) is 0 Å². The van der Waals surface area contributed by atoms with Crippen molar-refractivity contribution in [1.82, 2.24) is 4.98 Å². The highest BCUT2D eigenvalue weighted by molar-refractivity contribution is 5.26. The van der Waals surface area contributed by atoms with Crippen LogP contribution in [0.2, 0.25) is 0 Å². The van der Waals surface area contributed by atoms with E-state index in [1.807, 2.05) is 12.1 Å². The molecule has 1 heterocycles. The van der Waals surface area contributed by atoms with Crippen LogP contribution in [0.1, 0.15) is 11.6 Å². The standard InChI is InChI=1S/C9H6N2/c1-2-8(7-10)9-5-3-4-6-11-9/h1,3-6,8H. The first-order chi connectivity index (χ1) is 5.38. The van der Waals surface area contributed by atoms with E-state index in [9.17, 15) is 0 Å². The molecule has 2 heteroatoms. The number of nitrogens with zero attached hydrogens (tertiary/aromatic N) is 2. The first-order valence-electron chi connectivity index (χ1n) is 3.15. The maximum Gasteiger partial charge on any atom is 0.148 e. The van der Waals surface area contributed by atoms with E-state index in [4.69, 9.17) is 11.7 Å². The Hall–Kier alpha value is -1.80. The van der Waals surface area contributed by atoms with E-state index < -0.39 is 5.92 Å². The second-order valence-electron chi connectivity index (χ2n) is 1.98. The summed E-state index contributed by atoms with van der Waals surface area (Å²) in [7, 11) is 0. The second-order valence-corrected chi connectivity index (χ2v) is 1.98. The van der Waals surface area contributed by atoms with Gasteiger partial charge in [0.25, 0.3) is 0 Å². The summed E-state index contributed by atoms with van der Waals surface area (Å²) < 4.78 is 0. The van der Waals surface area contributed by atoms with Crippen molar-refractivity contribution < 1.29 is 0 Å². The van der Waals surface area contributed by atoms with Crippen molar-refractivity contribution in [2.75, 3.05) is 0 Å². The molecule has 1 aromatic heterocycles. The fraction of sp³-hybridized carbons (Fsp3) is 0.111. The van der Waals surface area contributed by atoms with Gasteiger partial charge >= 0.3 is 0 Å². The molecule has 1 unspecified atom stereocenters. The lowest BCUT2D eigenvalue weighted by Crippen LogP contribution is -1.93. The van der Waals surface area contributed by atoms with E-state index >= 15 is 0 Å². The third-order valence-corrected chi connectivity index (χ3v) is 1.28.